The second-order valence-electron chi connectivity index (χ2n) is 5.59. The lowest BCUT2D eigenvalue weighted by Crippen LogP contribution is -2.31. The van der Waals surface area contributed by atoms with Crippen LogP contribution in [0.3, 0.4) is 0 Å². The standard InChI is InChI=1S/C13H25N/c1-14-11-13(8-4-5-9-13)10-12-6-2-3-7-12/h12,14H,2-11H2,1H3. The third-order valence-corrected chi connectivity index (χ3v) is 4.41. The minimum absolute atomic E-state index is 0.698. The average molecular weight is 195 g/mol. The van der Waals surface area contributed by atoms with E-state index in [4.69, 9.17) is 0 Å². The minimum atomic E-state index is 0.698. The molecule has 2 saturated carbocycles. The SMILES string of the molecule is CNCC1(CC2CCCC2)CCCC1. The van der Waals surface area contributed by atoms with Crippen LogP contribution in [0.1, 0.15) is 57.8 Å². The molecule has 0 atom stereocenters. The highest BCUT2D eigenvalue weighted by Gasteiger charge is 2.35. The Kier molecular flexibility index (Phi) is 3.48. The lowest BCUT2D eigenvalue weighted by Gasteiger charge is -2.31. The van der Waals surface area contributed by atoms with Crippen LogP contribution in [0.2, 0.25) is 0 Å². The molecule has 14 heavy (non-hydrogen) atoms. The first-order chi connectivity index (χ1) is 6.85. The predicted octanol–water partition coefficient (Wildman–Crippen LogP) is 3.35. The summed E-state index contributed by atoms with van der Waals surface area (Å²) >= 11 is 0. The van der Waals surface area contributed by atoms with E-state index in [0.717, 1.165) is 5.92 Å². The molecule has 1 nitrogen and oxygen atoms in total. The highest BCUT2D eigenvalue weighted by molar-refractivity contribution is 4.89. The number of hydrogen-bond donors (Lipinski definition) is 1. The quantitative estimate of drug-likeness (QED) is 0.725. The Morgan fingerprint density at radius 1 is 1.07 bits per heavy atom. The Bertz CT molecular complexity index is 164. The van der Waals surface area contributed by atoms with Gasteiger partial charge in [-0.3, -0.25) is 0 Å². The van der Waals surface area contributed by atoms with Crippen molar-refractivity contribution in [2.24, 2.45) is 11.3 Å². The summed E-state index contributed by atoms with van der Waals surface area (Å²) in [5, 5.41) is 3.42. The van der Waals surface area contributed by atoms with Gasteiger partial charge in [0.05, 0.1) is 0 Å². The molecule has 2 rings (SSSR count). The maximum atomic E-state index is 3.42. The molecule has 2 aliphatic rings. The van der Waals surface area contributed by atoms with Crippen molar-refractivity contribution in [3.63, 3.8) is 0 Å². The van der Waals surface area contributed by atoms with Gasteiger partial charge in [0.25, 0.3) is 0 Å². The third kappa shape index (κ3) is 2.31. The molecule has 0 bridgehead atoms. The van der Waals surface area contributed by atoms with Gasteiger partial charge < -0.3 is 5.32 Å². The minimum Gasteiger partial charge on any atom is -0.319 e. The van der Waals surface area contributed by atoms with Gasteiger partial charge in [0.1, 0.15) is 0 Å². The van der Waals surface area contributed by atoms with E-state index in [1.54, 1.807) is 0 Å². The first-order valence-electron chi connectivity index (χ1n) is 6.49. The molecule has 2 fully saturated rings. The zero-order valence-electron chi connectivity index (χ0n) is 9.65. The second-order valence-corrected chi connectivity index (χ2v) is 5.59. The largest absolute Gasteiger partial charge is 0.319 e. The highest BCUT2D eigenvalue weighted by Crippen LogP contribution is 2.45. The van der Waals surface area contributed by atoms with Crippen LogP contribution in [0.4, 0.5) is 0 Å². The van der Waals surface area contributed by atoms with E-state index in [9.17, 15) is 0 Å². The monoisotopic (exact) mass is 195 g/mol. The van der Waals surface area contributed by atoms with Crippen molar-refractivity contribution >= 4 is 0 Å². The summed E-state index contributed by atoms with van der Waals surface area (Å²) < 4.78 is 0. The van der Waals surface area contributed by atoms with Crippen molar-refractivity contribution in [3.8, 4) is 0 Å². The maximum absolute atomic E-state index is 3.42. The van der Waals surface area contributed by atoms with Crippen molar-refractivity contribution in [3.05, 3.63) is 0 Å². The van der Waals surface area contributed by atoms with Crippen molar-refractivity contribution in [2.75, 3.05) is 13.6 Å². The molecule has 0 amide bonds. The van der Waals surface area contributed by atoms with Gasteiger partial charge in [0.15, 0.2) is 0 Å². The first kappa shape index (κ1) is 10.5. The fourth-order valence-corrected chi connectivity index (χ4v) is 3.78. The van der Waals surface area contributed by atoms with Crippen LogP contribution < -0.4 is 5.32 Å². The highest BCUT2D eigenvalue weighted by atomic mass is 14.8. The van der Waals surface area contributed by atoms with Gasteiger partial charge in [0.2, 0.25) is 0 Å². The second kappa shape index (κ2) is 4.65. The molecule has 0 aromatic carbocycles. The predicted molar refractivity (Wildman–Crippen MR) is 61.4 cm³/mol. The Morgan fingerprint density at radius 2 is 1.71 bits per heavy atom. The number of hydrogen-bond acceptors (Lipinski definition) is 1. The van der Waals surface area contributed by atoms with E-state index < -0.39 is 0 Å². The molecule has 1 N–H and O–H groups in total. The summed E-state index contributed by atoms with van der Waals surface area (Å²) in [5.74, 6) is 1.07. The number of rotatable bonds is 4. The Morgan fingerprint density at radius 3 is 2.29 bits per heavy atom. The molecular weight excluding hydrogens is 170 g/mol. The zero-order valence-corrected chi connectivity index (χ0v) is 9.65. The van der Waals surface area contributed by atoms with Crippen LogP contribution in [-0.2, 0) is 0 Å². The molecule has 0 unspecified atom stereocenters. The van der Waals surface area contributed by atoms with E-state index >= 15 is 0 Å². The third-order valence-electron chi connectivity index (χ3n) is 4.41. The molecule has 82 valence electrons. The van der Waals surface area contributed by atoms with Crippen LogP contribution in [-0.4, -0.2) is 13.6 Å². The van der Waals surface area contributed by atoms with Crippen LogP contribution in [0.15, 0.2) is 0 Å². The fraction of sp³-hybridized carbons (Fsp3) is 1.00. The van der Waals surface area contributed by atoms with Crippen molar-refractivity contribution < 1.29 is 0 Å². The average Bonchev–Trinajstić information content (AvgIpc) is 2.78. The number of nitrogens with one attached hydrogen (secondary N) is 1. The Labute approximate surface area is 88.7 Å². The van der Waals surface area contributed by atoms with Crippen LogP contribution in [0.5, 0.6) is 0 Å². The van der Waals surface area contributed by atoms with Gasteiger partial charge in [-0.25, -0.2) is 0 Å². The van der Waals surface area contributed by atoms with Gasteiger partial charge in [0, 0.05) is 6.54 Å². The van der Waals surface area contributed by atoms with Crippen LogP contribution in [0.25, 0.3) is 0 Å². The summed E-state index contributed by atoms with van der Waals surface area (Å²) in [6.07, 6.45) is 13.5. The summed E-state index contributed by atoms with van der Waals surface area (Å²) in [6, 6.07) is 0. The smallest absolute Gasteiger partial charge is 0.000490 e. The molecule has 2 aliphatic carbocycles. The van der Waals surface area contributed by atoms with Gasteiger partial charge in [-0.2, -0.15) is 0 Å². The van der Waals surface area contributed by atoms with E-state index in [0.29, 0.717) is 5.41 Å². The van der Waals surface area contributed by atoms with Gasteiger partial charge in [-0.05, 0) is 37.6 Å². The van der Waals surface area contributed by atoms with Gasteiger partial charge >= 0.3 is 0 Å². The molecule has 0 saturated heterocycles. The molecule has 0 radical (unpaired) electrons. The van der Waals surface area contributed by atoms with Crippen molar-refractivity contribution in [1.82, 2.24) is 5.32 Å². The normalized spacial score (nSPS) is 27.2. The van der Waals surface area contributed by atoms with E-state index in [2.05, 4.69) is 12.4 Å². The molecule has 0 heterocycles. The van der Waals surface area contributed by atoms with Gasteiger partial charge in [-0.1, -0.05) is 38.5 Å². The summed E-state index contributed by atoms with van der Waals surface area (Å²) in [4.78, 5) is 0. The molecule has 0 aliphatic heterocycles. The molecule has 1 heteroatoms. The summed E-state index contributed by atoms with van der Waals surface area (Å²) in [6.45, 7) is 1.27. The van der Waals surface area contributed by atoms with E-state index in [-0.39, 0.29) is 0 Å². The Balaban J connectivity index is 1.89. The summed E-state index contributed by atoms with van der Waals surface area (Å²) in [5.41, 5.74) is 0.698. The fourth-order valence-electron chi connectivity index (χ4n) is 3.78. The molecule has 0 spiro atoms. The van der Waals surface area contributed by atoms with Crippen molar-refractivity contribution in [2.45, 2.75) is 57.8 Å². The lowest BCUT2D eigenvalue weighted by molar-refractivity contribution is 0.216. The van der Waals surface area contributed by atoms with E-state index in [1.165, 1.54) is 64.3 Å². The molecular formula is C13H25N. The van der Waals surface area contributed by atoms with Crippen LogP contribution >= 0.6 is 0 Å². The molecule has 0 aromatic heterocycles. The summed E-state index contributed by atoms with van der Waals surface area (Å²) in [7, 11) is 2.12. The lowest BCUT2D eigenvalue weighted by atomic mass is 9.77. The zero-order chi connectivity index (χ0) is 9.86. The van der Waals surface area contributed by atoms with Crippen molar-refractivity contribution in [1.29, 1.82) is 0 Å². The molecule has 0 aromatic rings. The van der Waals surface area contributed by atoms with Gasteiger partial charge in [-0.15, -0.1) is 0 Å². The Hall–Kier alpha value is -0.0400. The van der Waals surface area contributed by atoms with E-state index in [1.807, 2.05) is 0 Å². The topological polar surface area (TPSA) is 12.0 Å². The van der Waals surface area contributed by atoms with Crippen LogP contribution in [0, 0.1) is 11.3 Å². The maximum Gasteiger partial charge on any atom is 0.000490 e. The first-order valence-corrected chi connectivity index (χ1v) is 6.49.